The highest BCUT2D eigenvalue weighted by Crippen LogP contribution is 2.54. The van der Waals surface area contributed by atoms with Crippen LogP contribution in [0.25, 0.3) is 0 Å². The van der Waals surface area contributed by atoms with E-state index in [9.17, 15) is 8.42 Å². The number of benzene rings is 2. The lowest BCUT2D eigenvalue weighted by Crippen LogP contribution is -2.39. The molecule has 0 heterocycles. The molecule has 5 heteroatoms. The zero-order valence-corrected chi connectivity index (χ0v) is 12.3. The van der Waals surface area contributed by atoms with Gasteiger partial charge in [-0.1, -0.05) is 48.5 Å². The Bertz CT molecular complexity index is 731. The Kier molecular flexibility index (Phi) is 3.36. The molecule has 0 aliphatic heterocycles. The molecular weight excluding hydrogens is 284 g/mol. The van der Waals surface area contributed by atoms with Crippen LogP contribution in [0.4, 0.5) is 0 Å². The molecule has 0 aromatic heterocycles. The summed E-state index contributed by atoms with van der Waals surface area (Å²) in [7, 11) is -3.49. The van der Waals surface area contributed by atoms with E-state index in [2.05, 4.69) is 0 Å². The Morgan fingerprint density at radius 1 is 0.952 bits per heavy atom. The third-order valence-electron chi connectivity index (χ3n) is 4.22. The van der Waals surface area contributed by atoms with Gasteiger partial charge >= 0.3 is 0 Å². The molecule has 1 aliphatic rings. The summed E-state index contributed by atoms with van der Waals surface area (Å²) in [6.45, 7) is 0.142. The minimum atomic E-state index is -3.49. The van der Waals surface area contributed by atoms with Gasteiger partial charge < -0.3 is 11.5 Å². The van der Waals surface area contributed by atoms with Crippen LogP contribution in [-0.4, -0.2) is 25.8 Å². The Hall–Kier alpha value is -1.69. The van der Waals surface area contributed by atoms with Gasteiger partial charge in [0.2, 0.25) is 0 Å². The third kappa shape index (κ3) is 2.18. The number of nitrogens with two attached hydrogens (primary N) is 2. The van der Waals surface area contributed by atoms with Crippen molar-refractivity contribution in [3.63, 3.8) is 0 Å². The van der Waals surface area contributed by atoms with Gasteiger partial charge in [-0.15, -0.1) is 0 Å². The first-order valence-electron chi connectivity index (χ1n) is 6.84. The van der Waals surface area contributed by atoms with E-state index in [1.54, 1.807) is 30.3 Å². The molecule has 0 radical (unpaired) electrons. The fourth-order valence-electron chi connectivity index (χ4n) is 3.04. The Balaban J connectivity index is 2.03. The average molecular weight is 302 g/mol. The van der Waals surface area contributed by atoms with E-state index in [0.29, 0.717) is 4.90 Å². The van der Waals surface area contributed by atoms with Crippen molar-refractivity contribution in [3.05, 3.63) is 66.2 Å². The van der Waals surface area contributed by atoms with Crippen LogP contribution in [0, 0.1) is 0 Å². The van der Waals surface area contributed by atoms with Crippen LogP contribution >= 0.6 is 0 Å². The highest BCUT2D eigenvalue weighted by Gasteiger charge is 2.68. The standard InChI is InChI=1S/C16H18N2O2S/c17-11-16(18)14(12-7-3-1-4-8-12)15(16)21(19,20)13-9-5-2-6-10-13/h1-10,14-15H,11,17-18H2/t14-,15-,16-/m0/s1. The molecule has 1 saturated carbocycles. The van der Waals surface area contributed by atoms with Crippen LogP contribution < -0.4 is 11.5 Å². The monoisotopic (exact) mass is 302 g/mol. The second kappa shape index (κ2) is 4.94. The summed E-state index contributed by atoms with van der Waals surface area (Å²) in [6, 6.07) is 17.9. The maximum Gasteiger partial charge on any atom is 0.183 e. The SMILES string of the molecule is NC[C@]1(N)[C@@H](c2ccccc2)[C@@H]1S(=O)(=O)c1ccccc1. The van der Waals surface area contributed by atoms with Crippen molar-refractivity contribution in [3.8, 4) is 0 Å². The molecule has 3 atom stereocenters. The van der Waals surface area contributed by atoms with Gasteiger partial charge in [0.1, 0.15) is 0 Å². The van der Waals surface area contributed by atoms with Crippen molar-refractivity contribution in [1.82, 2.24) is 0 Å². The molecule has 0 saturated heterocycles. The number of hydrogen-bond acceptors (Lipinski definition) is 4. The molecule has 0 amide bonds. The molecule has 0 bridgehead atoms. The Morgan fingerprint density at radius 3 is 2.00 bits per heavy atom. The lowest BCUT2D eigenvalue weighted by Gasteiger charge is -2.08. The molecule has 4 nitrogen and oxygen atoms in total. The van der Waals surface area contributed by atoms with Crippen molar-refractivity contribution in [2.75, 3.05) is 6.54 Å². The third-order valence-corrected chi connectivity index (χ3v) is 6.53. The van der Waals surface area contributed by atoms with E-state index in [4.69, 9.17) is 11.5 Å². The average Bonchev–Trinajstić information content (AvgIpc) is 3.17. The van der Waals surface area contributed by atoms with Crippen LogP contribution in [0.5, 0.6) is 0 Å². The fourth-order valence-corrected chi connectivity index (χ4v) is 5.38. The topological polar surface area (TPSA) is 86.2 Å². The number of sulfone groups is 1. The summed E-state index contributed by atoms with van der Waals surface area (Å²) in [5, 5.41) is -0.667. The summed E-state index contributed by atoms with van der Waals surface area (Å²) in [6.07, 6.45) is 0. The summed E-state index contributed by atoms with van der Waals surface area (Å²) < 4.78 is 25.6. The highest BCUT2D eigenvalue weighted by molar-refractivity contribution is 7.92. The molecule has 0 unspecified atom stereocenters. The second-order valence-corrected chi connectivity index (χ2v) is 7.55. The van der Waals surface area contributed by atoms with Crippen LogP contribution in [-0.2, 0) is 9.84 Å². The summed E-state index contributed by atoms with van der Waals surface area (Å²) in [4.78, 5) is 0.303. The maximum absolute atomic E-state index is 12.8. The molecular formula is C16H18N2O2S. The largest absolute Gasteiger partial charge is 0.329 e. The zero-order valence-electron chi connectivity index (χ0n) is 11.5. The van der Waals surface area contributed by atoms with Crippen molar-refractivity contribution in [1.29, 1.82) is 0 Å². The smallest absolute Gasteiger partial charge is 0.183 e. The molecule has 3 rings (SSSR count). The van der Waals surface area contributed by atoms with Gasteiger partial charge in [-0.2, -0.15) is 0 Å². The van der Waals surface area contributed by atoms with Gasteiger partial charge in [0.15, 0.2) is 9.84 Å². The second-order valence-electron chi connectivity index (χ2n) is 5.48. The predicted molar refractivity (Wildman–Crippen MR) is 82.6 cm³/mol. The predicted octanol–water partition coefficient (Wildman–Crippen LogP) is 1.28. The fraction of sp³-hybridized carbons (Fsp3) is 0.250. The Morgan fingerprint density at radius 2 is 1.48 bits per heavy atom. The molecule has 21 heavy (non-hydrogen) atoms. The van der Waals surface area contributed by atoms with E-state index in [1.807, 2.05) is 30.3 Å². The molecule has 2 aromatic rings. The van der Waals surface area contributed by atoms with Crippen molar-refractivity contribution in [2.45, 2.75) is 21.6 Å². The number of hydrogen-bond donors (Lipinski definition) is 2. The van der Waals surface area contributed by atoms with Gasteiger partial charge in [0, 0.05) is 12.5 Å². The van der Waals surface area contributed by atoms with Crippen LogP contribution in [0.15, 0.2) is 65.6 Å². The molecule has 4 N–H and O–H groups in total. The van der Waals surface area contributed by atoms with Crippen LogP contribution in [0.3, 0.4) is 0 Å². The molecule has 1 fully saturated rings. The molecule has 110 valence electrons. The maximum atomic E-state index is 12.8. The molecule has 0 spiro atoms. The highest BCUT2D eigenvalue weighted by atomic mass is 32.2. The van der Waals surface area contributed by atoms with E-state index >= 15 is 0 Å². The van der Waals surface area contributed by atoms with Gasteiger partial charge in [-0.3, -0.25) is 0 Å². The van der Waals surface area contributed by atoms with E-state index < -0.39 is 20.6 Å². The van der Waals surface area contributed by atoms with Gasteiger partial charge in [0.05, 0.1) is 15.7 Å². The quantitative estimate of drug-likeness (QED) is 0.891. The van der Waals surface area contributed by atoms with Crippen LogP contribution in [0.1, 0.15) is 11.5 Å². The lowest BCUT2D eigenvalue weighted by atomic mass is 10.1. The zero-order chi connectivity index (χ0) is 15.1. The Labute approximate surface area is 124 Å². The van der Waals surface area contributed by atoms with Gasteiger partial charge in [-0.25, -0.2) is 8.42 Å². The van der Waals surface area contributed by atoms with Crippen LogP contribution in [0.2, 0.25) is 0 Å². The van der Waals surface area contributed by atoms with E-state index in [-0.39, 0.29) is 12.5 Å². The molecule has 1 aliphatic carbocycles. The van der Waals surface area contributed by atoms with Crippen molar-refractivity contribution < 1.29 is 8.42 Å². The first kappa shape index (κ1) is 14.3. The van der Waals surface area contributed by atoms with E-state index in [0.717, 1.165) is 5.56 Å². The molecule has 2 aromatic carbocycles. The summed E-state index contributed by atoms with van der Waals surface area (Å²) in [5.41, 5.74) is 12.1. The first-order valence-corrected chi connectivity index (χ1v) is 8.39. The summed E-state index contributed by atoms with van der Waals surface area (Å²) in [5.74, 6) is -0.256. The van der Waals surface area contributed by atoms with Crippen molar-refractivity contribution >= 4 is 9.84 Å². The number of rotatable bonds is 4. The minimum absolute atomic E-state index is 0.142. The van der Waals surface area contributed by atoms with E-state index in [1.165, 1.54) is 0 Å². The van der Waals surface area contributed by atoms with Gasteiger partial charge in [-0.05, 0) is 17.7 Å². The van der Waals surface area contributed by atoms with Gasteiger partial charge in [0.25, 0.3) is 0 Å². The normalized spacial score (nSPS) is 28.3. The minimum Gasteiger partial charge on any atom is -0.329 e. The van der Waals surface area contributed by atoms with Crippen molar-refractivity contribution in [2.24, 2.45) is 11.5 Å². The first-order chi connectivity index (χ1) is 10.0. The lowest BCUT2D eigenvalue weighted by molar-refractivity contribution is 0.586. The summed E-state index contributed by atoms with van der Waals surface area (Å²) >= 11 is 0.